The molecule has 5 heteroatoms. The predicted molar refractivity (Wildman–Crippen MR) is 81.8 cm³/mol. The molecular formula is C16H24O4S. The maximum absolute atomic E-state index is 12.9. The molecule has 0 aliphatic carbocycles. The maximum Gasteiger partial charge on any atom is 0.186 e. The van der Waals surface area contributed by atoms with Crippen LogP contribution in [0.3, 0.4) is 0 Å². The van der Waals surface area contributed by atoms with Crippen molar-refractivity contribution in [3.63, 3.8) is 0 Å². The fourth-order valence-electron chi connectivity index (χ4n) is 2.96. The van der Waals surface area contributed by atoms with Crippen molar-refractivity contribution in [2.45, 2.75) is 68.5 Å². The fourth-order valence-corrected chi connectivity index (χ4v) is 4.91. The second kappa shape index (κ2) is 6.07. The van der Waals surface area contributed by atoms with E-state index in [2.05, 4.69) is 0 Å². The molecule has 2 unspecified atom stereocenters. The van der Waals surface area contributed by atoms with E-state index in [0.29, 0.717) is 25.7 Å². The Morgan fingerprint density at radius 3 is 2.48 bits per heavy atom. The molecule has 4 nitrogen and oxygen atoms in total. The van der Waals surface area contributed by atoms with Crippen LogP contribution in [0, 0.1) is 6.92 Å². The number of aryl methyl sites for hydroxylation is 1. The minimum absolute atomic E-state index is 0.119. The van der Waals surface area contributed by atoms with Crippen molar-refractivity contribution >= 4 is 9.84 Å². The van der Waals surface area contributed by atoms with Gasteiger partial charge in [0.1, 0.15) is 5.25 Å². The average molecular weight is 312 g/mol. The van der Waals surface area contributed by atoms with Crippen LogP contribution in [0.2, 0.25) is 0 Å². The van der Waals surface area contributed by atoms with E-state index < -0.39 is 20.9 Å². The smallest absolute Gasteiger partial charge is 0.186 e. The van der Waals surface area contributed by atoms with Gasteiger partial charge < -0.3 is 9.84 Å². The molecule has 2 rings (SSSR count). The summed E-state index contributed by atoms with van der Waals surface area (Å²) in [6.07, 6.45) is 1.94. The molecule has 3 atom stereocenters. The number of hydrogen-bond acceptors (Lipinski definition) is 4. The Kier molecular flexibility index (Phi) is 4.76. The first kappa shape index (κ1) is 16.5. The SMILES string of the molecule is CCCC1(O)O[C@@H](C)CCC1S(=O)(=O)c1ccc(C)cc1. The Hall–Kier alpha value is -0.910. The Bertz CT molecular complexity index is 579. The molecule has 1 saturated heterocycles. The Morgan fingerprint density at radius 1 is 1.29 bits per heavy atom. The molecule has 0 aromatic heterocycles. The molecule has 0 amide bonds. The van der Waals surface area contributed by atoms with Crippen LogP contribution in [0.15, 0.2) is 29.2 Å². The van der Waals surface area contributed by atoms with E-state index in [1.54, 1.807) is 24.3 Å². The molecule has 1 aliphatic rings. The second-order valence-electron chi connectivity index (χ2n) is 5.95. The lowest BCUT2D eigenvalue weighted by molar-refractivity contribution is -0.249. The first-order chi connectivity index (χ1) is 9.79. The predicted octanol–water partition coefficient (Wildman–Crippen LogP) is 2.82. The van der Waals surface area contributed by atoms with E-state index in [9.17, 15) is 13.5 Å². The molecular weight excluding hydrogens is 288 g/mol. The van der Waals surface area contributed by atoms with Crippen molar-refractivity contribution in [2.75, 3.05) is 0 Å². The van der Waals surface area contributed by atoms with Crippen LogP contribution in [0.4, 0.5) is 0 Å². The van der Waals surface area contributed by atoms with Crippen molar-refractivity contribution in [2.24, 2.45) is 0 Å². The molecule has 1 N–H and O–H groups in total. The van der Waals surface area contributed by atoms with E-state index >= 15 is 0 Å². The third kappa shape index (κ3) is 3.30. The quantitative estimate of drug-likeness (QED) is 0.928. The molecule has 21 heavy (non-hydrogen) atoms. The lowest BCUT2D eigenvalue weighted by Gasteiger charge is -2.41. The van der Waals surface area contributed by atoms with E-state index in [1.807, 2.05) is 20.8 Å². The van der Waals surface area contributed by atoms with E-state index in [-0.39, 0.29) is 11.0 Å². The summed E-state index contributed by atoms with van der Waals surface area (Å²) >= 11 is 0. The number of benzene rings is 1. The summed E-state index contributed by atoms with van der Waals surface area (Å²) < 4.78 is 31.3. The summed E-state index contributed by atoms with van der Waals surface area (Å²) in [4.78, 5) is 0.255. The van der Waals surface area contributed by atoms with Crippen molar-refractivity contribution < 1.29 is 18.3 Å². The summed E-state index contributed by atoms with van der Waals surface area (Å²) in [5.74, 6) is -1.59. The molecule has 0 bridgehead atoms. The van der Waals surface area contributed by atoms with Crippen LogP contribution in [0.5, 0.6) is 0 Å². The second-order valence-corrected chi connectivity index (χ2v) is 8.08. The molecule has 1 aliphatic heterocycles. The zero-order chi connectivity index (χ0) is 15.7. The summed E-state index contributed by atoms with van der Waals surface area (Å²) in [5.41, 5.74) is 1.01. The first-order valence-corrected chi connectivity index (χ1v) is 9.05. The highest BCUT2D eigenvalue weighted by atomic mass is 32.2. The largest absolute Gasteiger partial charge is 0.364 e. The molecule has 1 aromatic carbocycles. The summed E-state index contributed by atoms with van der Waals surface area (Å²) in [6, 6.07) is 6.76. The summed E-state index contributed by atoms with van der Waals surface area (Å²) in [6.45, 7) is 5.70. The van der Waals surface area contributed by atoms with Gasteiger partial charge in [-0.25, -0.2) is 8.42 Å². The molecule has 0 saturated carbocycles. The van der Waals surface area contributed by atoms with Gasteiger partial charge in [0.15, 0.2) is 15.6 Å². The highest BCUT2D eigenvalue weighted by Gasteiger charge is 2.49. The van der Waals surface area contributed by atoms with Crippen molar-refractivity contribution in [1.82, 2.24) is 0 Å². The van der Waals surface area contributed by atoms with E-state index in [0.717, 1.165) is 5.56 Å². The number of aliphatic hydroxyl groups is 1. The maximum atomic E-state index is 12.9. The third-order valence-electron chi connectivity index (χ3n) is 4.08. The summed E-state index contributed by atoms with van der Waals surface area (Å²) in [5, 5.41) is 9.85. The van der Waals surface area contributed by atoms with Gasteiger partial charge in [-0.05, 0) is 38.8 Å². The highest BCUT2D eigenvalue weighted by molar-refractivity contribution is 7.92. The molecule has 1 heterocycles. The van der Waals surface area contributed by atoms with Gasteiger partial charge in [0.2, 0.25) is 0 Å². The average Bonchev–Trinajstić information content (AvgIpc) is 2.38. The Balaban J connectivity index is 2.39. The minimum atomic E-state index is -3.61. The van der Waals surface area contributed by atoms with Crippen LogP contribution in [-0.2, 0) is 14.6 Å². The monoisotopic (exact) mass is 312 g/mol. The Morgan fingerprint density at radius 2 is 1.90 bits per heavy atom. The zero-order valence-electron chi connectivity index (χ0n) is 12.9. The van der Waals surface area contributed by atoms with Crippen molar-refractivity contribution in [3.8, 4) is 0 Å². The van der Waals surface area contributed by atoms with E-state index in [4.69, 9.17) is 4.74 Å². The van der Waals surface area contributed by atoms with Gasteiger partial charge in [-0.15, -0.1) is 0 Å². The van der Waals surface area contributed by atoms with Crippen LogP contribution in [0.1, 0.15) is 45.1 Å². The minimum Gasteiger partial charge on any atom is -0.364 e. The Labute approximate surface area is 127 Å². The number of rotatable bonds is 4. The molecule has 1 aromatic rings. The van der Waals surface area contributed by atoms with E-state index in [1.165, 1.54) is 0 Å². The van der Waals surface area contributed by atoms with Gasteiger partial charge in [-0.2, -0.15) is 0 Å². The van der Waals surface area contributed by atoms with Gasteiger partial charge >= 0.3 is 0 Å². The topological polar surface area (TPSA) is 63.6 Å². The van der Waals surface area contributed by atoms with Crippen LogP contribution in [0.25, 0.3) is 0 Å². The molecule has 0 radical (unpaired) electrons. The first-order valence-electron chi connectivity index (χ1n) is 7.50. The highest BCUT2D eigenvalue weighted by Crippen LogP contribution is 2.37. The van der Waals surface area contributed by atoms with Gasteiger partial charge in [-0.1, -0.05) is 31.0 Å². The van der Waals surface area contributed by atoms with Crippen molar-refractivity contribution in [1.29, 1.82) is 0 Å². The third-order valence-corrected chi connectivity index (χ3v) is 6.36. The molecule has 118 valence electrons. The van der Waals surface area contributed by atoms with Crippen LogP contribution in [-0.4, -0.2) is 30.7 Å². The van der Waals surface area contributed by atoms with Crippen molar-refractivity contribution in [3.05, 3.63) is 29.8 Å². The molecule has 1 fully saturated rings. The van der Waals surface area contributed by atoms with Gasteiger partial charge in [0, 0.05) is 6.42 Å². The number of ether oxygens (including phenoxy) is 1. The zero-order valence-corrected chi connectivity index (χ0v) is 13.7. The van der Waals surface area contributed by atoms with Crippen LogP contribution < -0.4 is 0 Å². The van der Waals surface area contributed by atoms with Gasteiger partial charge in [0.05, 0.1) is 11.0 Å². The van der Waals surface area contributed by atoms with Gasteiger partial charge in [0.25, 0.3) is 0 Å². The normalized spacial score (nSPS) is 30.3. The van der Waals surface area contributed by atoms with Crippen LogP contribution >= 0.6 is 0 Å². The summed E-state index contributed by atoms with van der Waals surface area (Å²) in [7, 11) is -3.61. The number of sulfone groups is 1. The fraction of sp³-hybridized carbons (Fsp3) is 0.625. The molecule has 0 spiro atoms. The standard InChI is InChI=1S/C16H24O4S/c1-4-11-16(17)15(10-7-13(3)20-16)21(18,19)14-8-5-12(2)6-9-14/h5-6,8-9,13,15,17H,4,7,10-11H2,1-3H3/t13-,15?,16?/m0/s1. The van der Waals surface area contributed by atoms with Gasteiger partial charge in [-0.3, -0.25) is 0 Å². The lowest BCUT2D eigenvalue weighted by Crippen LogP contribution is -2.54. The lowest BCUT2D eigenvalue weighted by atomic mass is 9.97. The number of hydrogen-bond donors (Lipinski definition) is 1.